The quantitative estimate of drug-likeness (QED) is 0.860. The zero-order chi connectivity index (χ0) is 17.8. The van der Waals surface area contributed by atoms with E-state index in [0.717, 1.165) is 50.4 Å². The van der Waals surface area contributed by atoms with Crippen molar-refractivity contribution in [2.75, 3.05) is 38.0 Å². The number of likely N-dealkylation sites (tertiary alicyclic amines) is 2. The van der Waals surface area contributed by atoms with E-state index in [-0.39, 0.29) is 6.03 Å². The predicted octanol–water partition coefficient (Wildman–Crippen LogP) is 3.05. The summed E-state index contributed by atoms with van der Waals surface area (Å²) in [6, 6.07) is 0.0303. The number of nitrogens with one attached hydrogen (secondary N) is 1. The van der Waals surface area contributed by atoms with Crippen molar-refractivity contribution in [1.29, 1.82) is 0 Å². The van der Waals surface area contributed by atoms with Crippen molar-refractivity contribution in [3.05, 3.63) is 11.9 Å². The number of hydrogen-bond donors (Lipinski definition) is 1. The maximum absolute atomic E-state index is 12.7. The van der Waals surface area contributed by atoms with Crippen LogP contribution in [-0.2, 0) is 13.0 Å². The van der Waals surface area contributed by atoms with Crippen molar-refractivity contribution in [3.8, 4) is 0 Å². The second kappa shape index (κ2) is 8.21. The molecule has 0 bridgehead atoms. The summed E-state index contributed by atoms with van der Waals surface area (Å²) in [4.78, 5) is 17.2. The Labute approximate surface area is 151 Å². The van der Waals surface area contributed by atoms with Gasteiger partial charge in [-0.05, 0) is 50.6 Å². The molecule has 140 valence electrons. The smallest absolute Gasteiger partial charge is 0.321 e. The van der Waals surface area contributed by atoms with Gasteiger partial charge in [-0.25, -0.2) is 4.79 Å². The summed E-state index contributed by atoms with van der Waals surface area (Å²) in [6.45, 7) is 12.7. The zero-order valence-electron chi connectivity index (χ0n) is 16.0. The van der Waals surface area contributed by atoms with Gasteiger partial charge >= 0.3 is 6.03 Å². The minimum absolute atomic E-state index is 0.0303. The standard InChI is InChI=1S/C19H33N5O/c1-4-18-17(11-20-24(18)12-15(2)3)21-19(25)23-10-7-16(14-23)13-22-8-5-6-9-22/h11,15-16H,4-10,12-14H2,1-3H3,(H,21,25)/t16-/m0/s1. The van der Waals surface area contributed by atoms with Crippen molar-refractivity contribution < 1.29 is 4.79 Å². The maximum Gasteiger partial charge on any atom is 0.321 e. The summed E-state index contributed by atoms with van der Waals surface area (Å²) >= 11 is 0. The molecular weight excluding hydrogens is 314 g/mol. The van der Waals surface area contributed by atoms with Gasteiger partial charge in [0.2, 0.25) is 0 Å². The third kappa shape index (κ3) is 4.54. The molecule has 1 aromatic heterocycles. The normalized spacial score (nSPS) is 21.4. The second-order valence-corrected chi connectivity index (χ2v) is 7.97. The van der Waals surface area contributed by atoms with Crippen LogP contribution < -0.4 is 5.32 Å². The zero-order valence-corrected chi connectivity index (χ0v) is 16.0. The largest absolute Gasteiger partial charge is 0.324 e. The molecule has 2 amide bonds. The summed E-state index contributed by atoms with van der Waals surface area (Å²) in [5.41, 5.74) is 1.99. The van der Waals surface area contributed by atoms with Crippen LogP contribution in [-0.4, -0.2) is 58.3 Å². The van der Waals surface area contributed by atoms with Crippen LogP contribution in [0.5, 0.6) is 0 Å². The summed E-state index contributed by atoms with van der Waals surface area (Å²) in [6.07, 6.45) is 6.46. The molecule has 0 saturated carbocycles. The Hall–Kier alpha value is -1.56. The lowest BCUT2D eigenvalue weighted by atomic mass is 10.1. The molecule has 0 unspecified atom stereocenters. The summed E-state index contributed by atoms with van der Waals surface area (Å²) in [5, 5.41) is 7.57. The summed E-state index contributed by atoms with van der Waals surface area (Å²) in [7, 11) is 0. The van der Waals surface area contributed by atoms with Gasteiger partial charge in [0, 0.05) is 26.2 Å². The Morgan fingerprint density at radius 1 is 1.32 bits per heavy atom. The van der Waals surface area contributed by atoms with Crippen LogP contribution in [0.2, 0.25) is 0 Å². The molecule has 25 heavy (non-hydrogen) atoms. The van der Waals surface area contributed by atoms with Gasteiger partial charge in [0.1, 0.15) is 0 Å². The van der Waals surface area contributed by atoms with Crippen molar-refractivity contribution in [2.24, 2.45) is 11.8 Å². The fourth-order valence-electron chi connectivity index (χ4n) is 4.08. The first-order chi connectivity index (χ1) is 12.1. The van der Waals surface area contributed by atoms with Crippen LogP contribution in [0.25, 0.3) is 0 Å². The molecule has 1 atom stereocenters. The number of aromatic nitrogens is 2. The number of carbonyl (C=O) groups is 1. The molecule has 6 heteroatoms. The van der Waals surface area contributed by atoms with Crippen LogP contribution in [0.15, 0.2) is 6.20 Å². The average Bonchev–Trinajstić information content (AvgIpc) is 3.29. The van der Waals surface area contributed by atoms with Crippen LogP contribution in [0.4, 0.5) is 10.5 Å². The highest BCUT2D eigenvalue weighted by atomic mass is 16.2. The molecule has 2 aliphatic rings. The number of amides is 2. The van der Waals surface area contributed by atoms with E-state index in [1.54, 1.807) is 6.20 Å². The van der Waals surface area contributed by atoms with E-state index < -0.39 is 0 Å². The molecule has 3 rings (SSSR count). The topological polar surface area (TPSA) is 53.4 Å². The SMILES string of the molecule is CCc1c(NC(=O)N2CC[C@@H](CN3CCCC3)C2)cnn1CC(C)C. The molecule has 2 fully saturated rings. The minimum atomic E-state index is 0.0303. The van der Waals surface area contributed by atoms with Crippen molar-refractivity contribution in [1.82, 2.24) is 19.6 Å². The van der Waals surface area contributed by atoms with Crippen LogP contribution in [0.3, 0.4) is 0 Å². The van der Waals surface area contributed by atoms with Crippen LogP contribution in [0, 0.1) is 11.8 Å². The summed E-state index contributed by atoms with van der Waals surface area (Å²) < 4.78 is 2.03. The number of carbonyl (C=O) groups excluding carboxylic acids is 1. The molecule has 3 heterocycles. The fraction of sp³-hybridized carbons (Fsp3) is 0.789. The highest BCUT2D eigenvalue weighted by Gasteiger charge is 2.29. The highest BCUT2D eigenvalue weighted by Crippen LogP contribution is 2.22. The van der Waals surface area contributed by atoms with Gasteiger partial charge in [0.15, 0.2) is 0 Å². The molecule has 2 aliphatic heterocycles. The lowest BCUT2D eigenvalue weighted by molar-refractivity contribution is 0.217. The number of hydrogen-bond acceptors (Lipinski definition) is 3. The Balaban J connectivity index is 1.54. The van der Waals surface area contributed by atoms with Gasteiger partial charge in [-0.1, -0.05) is 20.8 Å². The predicted molar refractivity (Wildman–Crippen MR) is 101 cm³/mol. The lowest BCUT2D eigenvalue weighted by Crippen LogP contribution is -2.35. The monoisotopic (exact) mass is 347 g/mol. The van der Waals surface area contributed by atoms with Gasteiger partial charge in [-0.2, -0.15) is 5.10 Å². The fourth-order valence-corrected chi connectivity index (χ4v) is 4.08. The van der Waals surface area contributed by atoms with E-state index in [4.69, 9.17) is 0 Å². The molecule has 0 radical (unpaired) electrons. The van der Waals surface area contributed by atoms with Crippen molar-refractivity contribution in [2.45, 2.75) is 53.0 Å². The Morgan fingerprint density at radius 2 is 2.08 bits per heavy atom. The maximum atomic E-state index is 12.7. The van der Waals surface area contributed by atoms with Gasteiger partial charge < -0.3 is 15.1 Å². The highest BCUT2D eigenvalue weighted by molar-refractivity contribution is 5.90. The van der Waals surface area contributed by atoms with E-state index in [0.29, 0.717) is 11.8 Å². The minimum Gasteiger partial charge on any atom is -0.324 e. The average molecular weight is 348 g/mol. The molecule has 1 N–H and O–H groups in total. The van der Waals surface area contributed by atoms with E-state index >= 15 is 0 Å². The molecule has 6 nitrogen and oxygen atoms in total. The van der Waals surface area contributed by atoms with Crippen molar-refractivity contribution >= 4 is 11.7 Å². The number of urea groups is 1. The lowest BCUT2D eigenvalue weighted by Gasteiger charge is -2.21. The molecular formula is C19H33N5O. The Bertz CT molecular complexity index is 576. The third-order valence-electron chi connectivity index (χ3n) is 5.35. The number of anilines is 1. The molecule has 0 aliphatic carbocycles. The summed E-state index contributed by atoms with van der Waals surface area (Å²) in [5.74, 6) is 1.16. The first-order valence-electron chi connectivity index (χ1n) is 9.89. The van der Waals surface area contributed by atoms with Crippen molar-refractivity contribution in [3.63, 3.8) is 0 Å². The first kappa shape index (κ1) is 18.2. The Morgan fingerprint density at radius 3 is 2.76 bits per heavy atom. The van der Waals surface area contributed by atoms with Crippen LogP contribution >= 0.6 is 0 Å². The second-order valence-electron chi connectivity index (χ2n) is 7.97. The van der Waals surface area contributed by atoms with E-state index in [1.807, 2.05) is 9.58 Å². The van der Waals surface area contributed by atoms with Gasteiger partial charge in [0.05, 0.1) is 17.6 Å². The third-order valence-corrected chi connectivity index (χ3v) is 5.35. The molecule has 0 aromatic carbocycles. The first-order valence-corrected chi connectivity index (χ1v) is 9.89. The molecule has 1 aromatic rings. The van der Waals surface area contributed by atoms with E-state index in [9.17, 15) is 4.79 Å². The molecule has 0 spiro atoms. The van der Waals surface area contributed by atoms with E-state index in [2.05, 4.69) is 36.1 Å². The number of rotatable bonds is 6. The molecule has 2 saturated heterocycles. The van der Waals surface area contributed by atoms with Gasteiger partial charge in [-0.3, -0.25) is 4.68 Å². The number of nitrogens with zero attached hydrogens (tertiary/aromatic N) is 4. The van der Waals surface area contributed by atoms with Crippen LogP contribution in [0.1, 0.15) is 45.7 Å². The van der Waals surface area contributed by atoms with E-state index in [1.165, 1.54) is 25.9 Å². The van der Waals surface area contributed by atoms with Gasteiger partial charge in [0.25, 0.3) is 0 Å². The Kier molecular flexibility index (Phi) is 5.99. The van der Waals surface area contributed by atoms with Gasteiger partial charge in [-0.15, -0.1) is 0 Å².